The maximum Gasteiger partial charge on any atom is 0.378 e. The van der Waals surface area contributed by atoms with Crippen molar-refractivity contribution in [2.75, 3.05) is 0 Å². The van der Waals surface area contributed by atoms with Gasteiger partial charge in [-0.2, -0.15) is 0 Å². The third kappa shape index (κ3) is 2.76. The zero-order chi connectivity index (χ0) is 21.6. The summed E-state index contributed by atoms with van der Waals surface area (Å²) >= 11 is 0. The fraction of sp³-hybridized carbons (Fsp3) is 0.478. The van der Waals surface area contributed by atoms with Crippen molar-refractivity contribution in [3.05, 3.63) is 57.6 Å². The number of rotatable bonds is 0. The van der Waals surface area contributed by atoms with Crippen molar-refractivity contribution in [2.24, 2.45) is 0 Å². The lowest BCUT2D eigenvalue weighted by atomic mass is 10.0. The molecule has 5 nitrogen and oxygen atoms in total. The second-order valence-corrected chi connectivity index (χ2v) is 17.7. The molecule has 5 rings (SSSR count). The molecule has 0 aliphatic carbocycles. The number of hydrogen-bond donors (Lipinski definition) is 0. The summed E-state index contributed by atoms with van der Waals surface area (Å²) in [6.45, 7) is 19.2. The molecule has 2 aromatic rings. The Morgan fingerprint density at radius 3 is 1.50 bits per heavy atom. The Kier molecular flexibility index (Phi) is 4.19. The molecule has 0 saturated carbocycles. The predicted octanol–water partition coefficient (Wildman–Crippen LogP) is 5.05. The molecule has 0 amide bonds. The van der Waals surface area contributed by atoms with Gasteiger partial charge in [0, 0.05) is 24.2 Å². The minimum atomic E-state index is -2.26. The van der Waals surface area contributed by atoms with E-state index in [0.717, 1.165) is 24.6 Å². The molecule has 3 aliphatic rings. The molecular weight excluding hydrogens is 408 g/mol. The first-order valence-electron chi connectivity index (χ1n) is 10.8. The zero-order valence-corrected chi connectivity index (χ0v) is 21.3. The molecule has 0 radical (unpaired) electrons. The first-order chi connectivity index (χ1) is 13.9. The van der Waals surface area contributed by atoms with Gasteiger partial charge in [-0.25, -0.2) is 9.13 Å². The van der Waals surface area contributed by atoms with Gasteiger partial charge in [0.05, 0.1) is 0 Å². The van der Waals surface area contributed by atoms with Gasteiger partial charge in [-0.05, 0) is 65.0 Å². The summed E-state index contributed by atoms with van der Waals surface area (Å²) in [6, 6.07) is 7.94. The summed E-state index contributed by atoms with van der Waals surface area (Å²) in [5.74, 6) is 1.93. The second kappa shape index (κ2) is 6.20. The molecule has 1 fully saturated rings. The Hall–Kier alpha value is -1.65. The number of hydrogen-bond acceptors (Lipinski definition) is 5. The van der Waals surface area contributed by atoms with E-state index >= 15 is 0 Å². The van der Waals surface area contributed by atoms with Gasteiger partial charge in [-0.15, -0.1) is 0 Å². The highest BCUT2D eigenvalue weighted by atomic mass is 28.4. The molecule has 1 spiro atoms. The van der Waals surface area contributed by atoms with Crippen LogP contribution < -0.4 is 9.47 Å². The summed E-state index contributed by atoms with van der Waals surface area (Å²) in [4.78, 5) is 0. The van der Waals surface area contributed by atoms with Crippen LogP contribution in [-0.4, -0.2) is 32.1 Å². The molecule has 2 aromatic carbocycles. The van der Waals surface area contributed by atoms with E-state index in [2.05, 4.69) is 87.3 Å². The van der Waals surface area contributed by atoms with Crippen LogP contribution in [-0.2, 0) is 17.2 Å². The van der Waals surface area contributed by atoms with Crippen LogP contribution in [0.3, 0.4) is 0 Å². The van der Waals surface area contributed by atoms with Gasteiger partial charge >= 0.3 is 6.03 Å². The van der Waals surface area contributed by atoms with Crippen molar-refractivity contribution in [3.63, 3.8) is 0 Å². The third-order valence-electron chi connectivity index (χ3n) is 6.60. The molecule has 0 atom stereocenters. The monoisotopic (exact) mass is 440 g/mol. The normalized spacial score (nSPS) is 23.3. The summed E-state index contributed by atoms with van der Waals surface area (Å²) in [5.41, 5.74) is 7.29. The Balaban J connectivity index is 1.75. The minimum absolute atomic E-state index is 0.776. The smallest absolute Gasteiger partial charge is 0.378 e. The number of fused-ring (bicyclic) bond motifs is 2. The summed E-state index contributed by atoms with van der Waals surface area (Å²) in [5, 5.41) is 0. The highest BCUT2D eigenvalue weighted by molar-refractivity contribution is 6.83. The standard InChI is InChI=1S/C23H32N2O3Si2/c1-15-9-17(3)21-19(11-15)13-24-23(26-21)25(30(7,8)28-29(24,5)6)14-20-12-16(2)10-18(4)22(20)27-23/h9-12H,13-14H2,1-8H3. The summed E-state index contributed by atoms with van der Waals surface area (Å²) < 4.78 is 25.6. The van der Waals surface area contributed by atoms with E-state index < -0.39 is 23.0 Å². The maximum atomic E-state index is 6.95. The van der Waals surface area contributed by atoms with E-state index in [9.17, 15) is 0 Å². The van der Waals surface area contributed by atoms with Crippen molar-refractivity contribution in [1.29, 1.82) is 0 Å². The number of ether oxygens (including phenoxy) is 2. The van der Waals surface area contributed by atoms with E-state index in [1.54, 1.807) is 0 Å². The SMILES string of the molecule is Cc1cc(C)c2c(c1)CN1C3(O2)Oc2c(C)cc(C)cc2CN3[Si](C)(C)O[Si]1(C)C. The van der Waals surface area contributed by atoms with Crippen LogP contribution in [0.1, 0.15) is 33.4 Å². The van der Waals surface area contributed by atoms with Gasteiger partial charge in [0.1, 0.15) is 11.5 Å². The highest BCUT2D eigenvalue weighted by Gasteiger charge is 2.68. The minimum Gasteiger partial charge on any atom is -0.432 e. The molecule has 30 heavy (non-hydrogen) atoms. The van der Waals surface area contributed by atoms with E-state index in [0.29, 0.717) is 0 Å². The van der Waals surface area contributed by atoms with Crippen LogP contribution in [0.15, 0.2) is 24.3 Å². The van der Waals surface area contributed by atoms with Gasteiger partial charge in [0.25, 0.3) is 17.0 Å². The van der Waals surface area contributed by atoms with Gasteiger partial charge in [0.15, 0.2) is 0 Å². The van der Waals surface area contributed by atoms with Crippen molar-refractivity contribution >= 4 is 17.0 Å². The highest BCUT2D eigenvalue weighted by Crippen LogP contribution is 2.51. The summed E-state index contributed by atoms with van der Waals surface area (Å²) in [7, 11) is -4.51. The molecular formula is C23H32N2O3Si2. The Morgan fingerprint density at radius 1 is 0.700 bits per heavy atom. The fourth-order valence-electron chi connectivity index (χ4n) is 5.59. The quantitative estimate of drug-likeness (QED) is 0.535. The lowest BCUT2D eigenvalue weighted by Crippen LogP contribution is -2.86. The summed E-state index contributed by atoms with van der Waals surface area (Å²) in [6.07, 6.45) is 0. The van der Waals surface area contributed by atoms with Crippen LogP contribution in [0.5, 0.6) is 11.5 Å². The van der Waals surface area contributed by atoms with Crippen LogP contribution in [0.4, 0.5) is 0 Å². The Labute approximate surface area is 182 Å². The predicted molar refractivity (Wildman–Crippen MR) is 123 cm³/mol. The van der Waals surface area contributed by atoms with E-state index in [4.69, 9.17) is 13.6 Å². The molecule has 1 saturated heterocycles. The van der Waals surface area contributed by atoms with Crippen LogP contribution in [0.2, 0.25) is 26.2 Å². The molecule has 0 unspecified atom stereocenters. The van der Waals surface area contributed by atoms with E-state index in [1.165, 1.54) is 33.4 Å². The Bertz CT molecular complexity index is 983. The maximum absolute atomic E-state index is 6.95. The van der Waals surface area contributed by atoms with Crippen LogP contribution in [0, 0.1) is 27.7 Å². The zero-order valence-electron chi connectivity index (χ0n) is 19.3. The molecule has 0 N–H and O–H groups in total. The topological polar surface area (TPSA) is 34.2 Å². The lowest BCUT2D eigenvalue weighted by molar-refractivity contribution is -0.303. The van der Waals surface area contributed by atoms with Gasteiger partial charge in [0.2, 0.25) is 0 Å². The molecule has 160 valence electrons. The largest absolute Gasteiger partial charge is 0.432 e. The van der Waals surface area contributed by atoms with E-state index in [-0.39, 0.29) is 0 Å². The number of nitrogens with zero attached hydrogens (tertiary/aromatic N) is 2. The molecule has 7 heteroatoms. The first kappa shape index (κ1) is 20.3. The van der Waals surface area contributed by atoms with Crippen molar-refractivity contribution < 1.29 is 13.6 Å². The third-order valence-corrected chi connectivity index (χ3v) is 14.1. The fourth-order valence-corrected chi connectivity index (χ4v) is 14.3. The number of aryl methyl sites for hydroxylation is 4. The van der Waals surface area contributed by atoms with Crippen molar-refractivity contribution in [2.45, 2.75) is 73.0 Å². The average Bonchev–Trinajstić information content (AvgIpc) is 2.60. The van der Waals surface area contributed by atoms with Gasteiger partial charge < -0.3 is 13.6 Å². The van der Waals surface area contributed by atoms with Crippen molar-refractivity contribution in [1.82, 2.24) is 9.13 Å². The Morgan fingerprint density at radius 2 is 1.10 bits per heavy atom. The van der Waals surface area contributed by atoms with E-state index in [1.807, 2.05) is 0 Å². The van der Waals surface area contributed by atoms with Gasteiger partial charge in [-0.3, -0.25) is 0 Å². The van der Waals surface area contributed by atoms with Crippen LogP contribution in [0.25, 0.3) is 0 Å². The molecule has 3 heterocycles. The molecule has 0 aromatic heterocycles. The van der Waals surface area contributed by atoms with Gasteiger partial charge in [-0.1, -0.05) is 35.4 Å². The first-order valence-corrected chi connectivity index (χ1v) is 16.5. The molecule has 0 bridgehead atoms. The lowest BCUT2D eigenvalue weighted by Gasteiger charge is -2.64. The molecule has 3 aliphatic heterocycles. The average molecular weight is 441 g/mol. The number of benzene rings is 2. The van der Waals surface area contributed by atoms with Crippen molar-refractivity contribution in [3.8, 4) is 11.5 Å². The van der Waals surface area contributed by atoms with Crippen LogP contribution >= 0.6 is 0 Å². The second-order valence-electron chi connectivity index (χ2n) is 10.1.